The zero-order valence-corrected chi connectivity index (χ0v) is 13.4. The van der Waals surface area contributed by atoms with Gasteiger partial charge in [0.05, 0.1) is 5.69 Å². The molecule has 1 fully saturated rings. The Hall–Kier alpha value is -2.35. The molecule has 0 aliphatic heterocycles. The van der Waals surface area contributed by atoms with E-state index in [9.17, 15) is 14.7 Å². The Morgan fingerprint density at radius 2 is 1.91 bits per heavy atom. The molecule has 2 N–H and O–H groups in total. The van der Waals surface area contributed by atoms with Gasteiger partial charge in [-0.3, -0.25) is 4.79 Å². The van der Waals surface area contributed by atoms with Crippen LogP contribution < -0.4 is 5.32 Å². The van der Waals surface area contributed by atoms with Crippen LogP contribution in [0.25, 0.3) is 10.8 Å². The number of thiazole rings is 1. The number of carbonyl (C=O) groups excluding carboxylic acids is 1. The lowest BCUT2D eigenvalue weighted by Crippen LogP contribution is -2.52. The number of aromatic nitrogens is 3. The molecule has 0 radical (unpaired) electrons. The lowest BCUT2D eigenvalue weighted by Gasteiger charge is -2.24. The molecule has 2 aromatic heterocycles. The van der Waals surface area contributed by atoms with Crippen molar-refractivity contribution in [3.8, 4) is 10.8 Å². The molecule has 1 aliphatic rings. The van der Waals surface area contributed by atoms with Gasteiger partial charge in [-0.1, -0.05) is 12.8 Å². The zero-order valence-electron chi connectivity index (χ0n) is 12.6. The van der Waals surface area contributed by atoms with Gasteiger partial charge in [0.15, 0.2) is 10.8 Å². The van der Waals surface area contributed by atoms with Gasteiger partial charge < -0.3 is 10.4 Å². The van der Waals surface area contributed by atoms with E-state index in [2.05, 4.69) is 20.3 Å². The van der Waals surface area contributed by atoms with Crippen molar-refractivity contribution in [3.05, 3.63) is 29.0 Å². The monoisotopic (exact) mass is 332 g/mol. The standard InChI is InChI=1S/C15H16N4O3S/c1-9-10(23-13(18-9)11-16-7-4-8-17-11)12(20)19-15(14(21)22)5-2-3-6-15/h4,7-8H,2-3,5-6H2,1H3,(H,19,20)(H,21,22). The number of carboxylic acids is 1. The summed E-state index contributed by atoms with van der Waals surface area (Å²) in [4.78, 5) is 37.1. The Morgan fingerprint density at radius 3 is 2.52 bits per heavy atom. The van der Waals surface area contributed by atoms with Crippen LogP contribution in [0, 0.1) is 6.92 Å². The summed E-state index contributed by atoms with van der Waals surface area (Å²) >= 11 is 1.17. The van der Waals surface area contributed by atoms with Crippen LogP contribution in [-0.4, -0.2) is 37.5 Å². The number of carbonyl (C=O) groups is 2. The van der Waals surface area contributed by atoms with Crippen molar-refractivity contribution in [3.63, 3.8) is 0 Å². The van der Waals surface area contributed by atoms with Gasteiger partial charge in [0.1, 0.15) is 10.4 Å². The number of rotatable bonds is 4. The minimum Gasteiger partial charge on any atom is -0.480 e. The number of aliphatic carboxylic acids is 1. The van der Waals surface area contributed by atoms with Crippen molar-refractivity contribution in [2.24, 2.45) is 0 Å². The third kappa shape index (κ3) is 2.94. The summed E-state index contributed by atoms with van der Waals surface area (Å²) in [5.74, 6) is -0.919. The van der Waals surface area contributed by atoms with Crippen LogP contribution in [0.1, 0.15) is 41.0 Å². The maximum Gasteiger partial charge on any atom is 0.329 e. The molecule has 1 amide bonds. The first kappa shape index (κ1) is 15.5. The minimum atomic E-state index is -1.16. The van der Waals surface area contributed by atoms with Crippen molar-refractivity contribution in [2.45, 2.75) is 38.1 Å². The number of hydrogen-bond acceptors (Lipinski definition) is 6. The van der Waals surface area contributed by atoms with Crippen molar-refractivity contribution in [1.29, 1.82) is 0 Å². The van der Waals surface area contributed by atoms with Gasteiger partial charge in [-0.25, -0.2) is 19.7 Å². The van der Waals surface area contributed by atoms with Gasteiger partial charge in [-0.05, 0) is 25.8 Å². The summed E-state index contributed by atoms with van der Waals surface area (Å²) in [6.45, 7) is 1.72. The first-order valence-corrected chi connectivity index (χ1v) is 8.14. The fourth-order valence-electron chi connectivity index (χ4n) is 2.76. The van der Waals surface area contributed by atoms with Crippen LogP contribution in [0.15, 0.2) is 18.5 Å². The maximum atomic E-state index is 12.5. The molecule has 2 aromatic rings. The van der Waals surface area contributed by atoms with Gasteiger partial charge >= 0.3 is 5.97 Å². The highest BCUT2D eigenvalue weighted by Gasteiger charge is 2.43. The first-order valence-electron chi connectivity index (χ1n) is 7.32. The summed E-state index contributed by atoms with van der Waals surface area (Å²) < 4.78 is 0. The van der Waals surface area contributed by atoms with E-state index in [-0.39, 0.29) is 0 Å². The number of carboxylic acid groups (broad SMARTS) is 1. The van der Waals surface area contributed by atoms with E-state index in [0.29, 0.717) is 34.2 Å². The number of nitrogens with zero attached hydrogens (tertiary/aromatic N) is 3. The Labute approximate surface area is 136 Å². The Bertz CT molecular complexity index is 738. The lowest BCUT2D eigenvalue weighted by molar-refractivity contribution is -0.144. The highest BCUT2D eigenvalue weighted by molar-refractivity contribution is 7.17. The predicted molar refractivity (Wildman–Crippen MR) is 84.2 cm³/mol. The van der Waals surface area contributed by atoms with Gasteiger partial charge in [0.2, 0.25) is 0 Å². The fraction of sp³-hybridized carbons (Fsp3) is 0.400. The zero-order chi connectivity index (χ0) is 16.4. The predicted octanol–water partition coefficient (Wildman–Crippen LogP) is 2.04. The number of nitrogens with one attached hydrogen (secondary N) is 1. The van der Waals surface area contributed by atoms with E-state index >= 15 is 0 Å². The van der Waals surface area contributed by atoms with Crippen molar-refractivity contribution >= 4 is 23.2 Å². The van der Waals surface area contributed by atoms with Gasteiger partial charge in [0.25, 0.3) is 5.91 Å². The number of amides is 1. The average Bonchev–Trinajstić information content (AvgIpc) is 3.16. The molecule has 0 saturated heterocycles. The summed E-state index contributed by atoms with van der Waals surface area (Å²) in [6, 6.07) is 1.70. The van der Waals surface area contributed by atoms with Gasteiger partial charge in [-0.15, -0.1) is 11.3 Å². The van der Waals surface area contributed by atoms with Crippen molar-refractivity contribution in [1.82, 2.24) is 20.3 Å². The molecule has 0 unspecified atom stereocenters. The van der Waals surface area contributed by atoms with Gasteiger partial charge in [0, 0.05) is 12.4 Å². The minimum absolute atomic E-state index is 0.397. The van der Waals surface area contributed by atoms with Crippen LogP contribution in [0.4, 0.5) is 0 Å². The van der Waals surface area contributed by atoms with E-state index in [1.165, 1.54) is 11.3 Å². The molecule has 3 rings (SSSR count). The van der Waals surface area contributed by atoms with Crippen LogP contribution >= 0.6 is 11.3 Å². The molecule has 0 spiro atoms. The molecule has 1 saturated carbocycles. The molecule has 23 heavy (non-hydrogen) atoms. The molecule has 0 aromatic carbocycles. The van der Waals surface area contributed by atoms with E-state index in [0.717, 1.165) is 12.8 Å². The topological polar surface area (TPSA) is 105 Å². The van der Waals surface area contributed by atoms with Gasteiger partial charge in [-0.2, -0.15) is 0 Å². The highest BCUT2D eigenvalue weighted by Crippen LogP contribution is 2.31. The molecular weight excluding hydrogens is 316 g/mol. The second-order valence-corrected chi connectivity index (χ2v) is 6.55. The Balaban J connectivity index is 1.86. The first-order chi connectivity index (χ1) is 11.0. The third-order valence-electron chi connectivity index (χ3n) is 3.98. The van der Waals surface area contributed by atoms with Crippen LogP contribution in [0.5, 0.6) is 0 Å². The second kappa shape index (κ2) is 6.04. The molecule has 8 heteroatoms. The number of hydrogen-bond donors (Lipinski definition) is 2. The second-order valence-electron chi connectivity index (χ2n) is 5.55. The molecule has 1 aliphatic carbocycles. The Kier molecular flexibility index (Phi) is 4.08. The molecule has 0 atom stereocenters. The number of aryl methyl sites for hydroxylation is 1. The Morgan fingerprint density at radius 1 is 1.26 bits per heavy atom. The lowest BCUT2D eigenvalue weighted by atomic mass is 9.98. The largest absolute Gasteiger partial charge is 0.480 e. The normalized spacial score (nSPS) is 16.2. The molecule has 2 heterocycles. The molecule has 7 nitrogen and oxygen atoms in total. The highest BCUT2D eigenvalue weighted by atomic mass is 32.1. The summed E-state index contributed by atoms with van der Waals surface area (Å²) in [5.41, 5.74) is -0.606. The third-order valence-corrected chi connectivity index (χ3v) is 5.13. The molecule has 0 bridgehead atoms. The van der Waals surface area contributed by atoms with Crippen molar-refractivity contribution < 1.29 is 14.7 Å². The molecular formula is C15H16N4O3S. The maximum absolute atomic E-state index is 12.5. The van der Waals surface area contributed by atoms with Crippen molar-refractivity contribution in [2.75, 3.05) is 0 Å². The smallest absolute Gasteiger partial charge is 0.329 e. The molecule has 120 valence electrons. The summed E-state index contributed by atoms with van der Waals surface area (Å²) in [6.07, 6.45) is 5.74. The fourth-order valence-corrected chi connectivity index (χ4v) is 3.67. The van der Waals surface area contributed by atoms with Crippen LogP contribution in [0.3, 0.4) is 0 Å². The van der Waals surface area contributed by atoms with E-state index < -0.39 is 17.4 Å². The van der Waals surface area contributed by atoms with Crippen LogP contribution in [-0.2, 0) is 4.79 Å². The van der Waals surface area contributed by atoms with E-state index in [1.807, 2.05) is 0 Å². The summed E-state index contributed by atoms with van der Waals surface area (Å²) in [5, 5.41) is 12.7. The SMILES string of the molecule is Cc1nc(-c2ncccn2)sc1C(=O)NC1(C(=O)O)CCCC1. The quantitative estimate of drug-likeness (QED) is 0.887. The van der Waals surface area contributed by atoms with E-state index in [4.69, 9.17) is 0 Å². The summed E-state index contributed by atoms with van der Waals surface area (Å²) in [7, 11) is 0. The average molecular weight is 332 g/mol. The van der Waals surface area contributed by atoms with E-state index in [1.54, 1.807) is 25.4 Å². The van der Waals surface area contributed by atoms with Crippen LogP contribution in [0.2, 0.25) is 0 Å².